The Bertz CT molecular complexity index is 798. The molecule has 5 nitrogen and oxygen atoms in total. The topological polar surface area (TPSA) is 42.0 Å². The third-order valence-electron chi connectivity index (χ3n) is 5.06. The molecule has 0 N–H and O–H groups in total. The maximum atomic E-state index is 12.6. The fraction of sp³-hybridized carbons (Fsp3) is 0.381. The van der Waals surface area contributed by atoms with Crippen LogP contribution in [-0.4, -0.2) is 43.8 Å². The maximum Gasteiger partial charge on any atom is 0.231 e. The molecule has 0 spiro atoms. The van der Waals surface area contributed by atoms with Gasteiger partial charge < -0.3 is 19.3 Å². The highest BCUT2D eigenvalue weighted by atomic mass is 16.7. The summed E-state index contributed by atoms with van der Waals surface area (Å²) in [5.41, 5.74) is 3.63. The summed E-state index contributed by atoms with van der Waals surface area (Å²) in [7, 11) is 0. The van der Waals surface area contributed by atoms with E-state index in [0.717, 1.165) is 49.7 Å². The van der Waals surface area contributed by atoms with Gasteiger partial charge in [0, 0.05) is 38.3 Å². The second kappa shape index (κ2) is 7.28. The van der Waals surface area contributed by atoms with Crippen molar-refractivity contribution in [3.8, 4) is 11.5 Å². The van der Waals surface area contributed by atoms with Crippen LogP contribution < -0.4 is 14.4 Å². The van der Waals surface area contributed by atoms with Gasteiger partial charge in [0.1, 0.15) is 0 Å². The third-order valence-corrected chi connectivity index (χ3v) is 5.06. The van der Waals surface area contributed by atoms with Gasteiger partial charge in [0.05, 0.1) is 0 Å². The Hall–Kier alpha value is -2.69. The molecule has 0 atom stereocenters. The zero-order valence-electron chi connectivity index (χ0n) is 15.1. The fourth-order valence-electron chi connectivity index (χ4n) is 3.54. The minimum atomic E-state index is 0.228. The molecule has 136 valence electrons. The smallest absolute Gasteiger partial charge is 0.231 e. The Kier molecular flexibility index (Phi) is 4.69. The van der Waals surface area contributed by atoms with Gasteiger partial charge in [-0.2, -0.15) is 0 Å². The lowest BCUT2D eigenvalue weighted by Gasteiger charge is -2.36. The van der Waals surface area contributed by atoms with E-state index in [1.165, 1.54) is 11.3 Å². The van der Waals surface area contributed by atoms with Gasteiger partial charge in [0.15, 0.2) is 11.5 Å². The summed E-state index contributed by atoms with van der Waals surface area (Å²) in [5, 5.41) is 0. The summed E-state index contributed by atoms with van der Waals surface area (Å²) in [4.78, 5) is 16.9. The van der Waals surface area contributed by atoms with Crippen LogP contribution in [-0.2, 0) is 11.2 Å². The van der Waals surface area contributed by atoms with Crippen LogP contribution in [0.3, 0.4) is 0 Å². The first-order valence-electron chi connectivity index (χ1n) is 9.17. The number of ether oxygens (including phenoxy) is 2. The molecule has 2 heterocycles. The van der Waals surface area contributed by atoms with Crippen molar-refractivity contribution in [3.63, 3.8) is 0 Å². The standard InChI is InChI=1S/C21H24N2O3/c1-16-3-2-4-18(13-16)22-9-11-23(12-10-22)21(24)8-6-17-5-7-19-20(14-17)26-15-25-19/h2-5,7,13-14H,6,8-12,15H2,1H3. The lowest BCUT2D eigenvalue weighted by molar-refractivity contribution is -0.131. The monoisotopic (exact) mass is 352 g/mol. The van der Waals surface area contributed by atoms with E-state index < -0.39 is 0 Å². The van der Waals surface area contributed by atoms with Gasteiger partial charge in [0.25, 0.3) is 0 Å². The van der Waals surface area contributed by atoms with Crippen molar-refractivity contribution in [1.29, 1.82) is 0 Å². The Labute approximate surface area is 154 Å². The van der Waals surface area contributed by atoms with Gasteiger partial charge in [-0.15, -0.1) is 0 Å². The number of amides is 1. The summed E-state index contributed by atoms with van der Waals surface area (Å²) < 4.78 is 10.7. The Balaban J connectivity index is 1.28. The molecule has 2 aliphatic rings. The fourth-order valence-corrected chi connectivity index (χ4v) is 3.54. The van der Waals surface area contributed by atoms with Gasteiger partial charge in [-0.25, -0.2) is 0 Å². The predicted molar refractivity (Wildman–Crippen MR) is 101 cm³/mol. The van der Waals surface area contributed by atoms with Crippen molar-refractivity contribution in [1.82, 2.24) is 4.90 Å². The Morgan fingerprint density at radius 2 is 1.81 bits per heavy atom. The molecule has 0 aromatic heterocycles. The highest BCUT2D eigenvalue weighted by molar-refractivity contribution is 5.77. The van der Waals surface area contributed by atoms with Gasteiger partial charge in [-0.1, -0.05) is 18.2 Å². The SMILES string of the molecule is Cc1cccc(N2CCN(C(=O)CCc3ccc4c(c3)OCO4)CC2)c1. The van der Waals surface area contributed by atoms with E-state index in [-0.39, 0.29) is 12.7 Å². The lowest BCUT2D eigenvalue weighted by Crippen LogP contribution is -2.48. The minimum absolute atomic E-state index is 0.228. The molecule has 0 saturated carbocycles. The first-order chi connectivity index (χ1) is 12.7. The van der Waals surface area contributed by atoms with Crippen molar-refractivity contribution in [3.05, 3.63) is 53.6 Å². The van der Waals surface area contributed by atoms with Gasteiger partial charge in [0.2, 0.25) is 12.7 Å². The molecule has 26 heavy (non-hydrogen) atoms. The van der Waals surface area contributed by atoms with Crippen LogP contribution >= 0.6 is 0 Å². The summed E-state index contributed by atoms with van der Waals surface area (Å²) in [6.07, 6.45) is 1.26. The van der Waals surface area contributed by atoms with Crippen molar-refractivity contribution in [2.75, 3.05) is 37.9 Å². The van der Waals surface area contributed by atoms with Crippen molar-refractivity contribution in [2.45, 2.75) is 19.8 Å². The quantitative estimate of drug-likeness (QED) is 0.848. The number of fused-ring (bicyclic) bond motifs is 1. The number of aryl methyl sites for hydroxylation is 2. The summed E-state index contributed by atoms with van der Waals surface area (Å²) in [6, 6.07) is 14.5. The van der Waals surface area contributed by atoms with Crippen LogP contribution in [0.25, 0.3) is 0 Å². The molecule has 0 radical (unpaired) electrons. The van der Waals surface area contributed by atoms with E-state index in [2.05, 4.69) is 36.1 Å². The van der Waals surface area contributed by atoms with Crippen LogP contribution in [0.1, 0.15) is 17.5 Å². The number of piperazine rings is 1. The largest absolute Gasteiger partial charge is 0.454 e. The number of hydrogen-bond acceptors (Lipinski definition) is 4. The Morgan fingerprint density at radius 3 is 2.62 bits per heavy atom. The van der Waals surface area contributed by atoms with Crippen LogP contribution in [0.15, 0.2) is 42.5 Å². The summed E-state index contributed by atoms with van der Waals surface area (Å²) in [6.45, 7) is 5.74. The number of benzene rings is 2. The molecule has 5 heteroatoms. The van der Waals surface area contributed by atoms with Crippen molar-refractivity contribution in [2.24, 2.45) is 0 Å². The number of rotatable bonds is 4. The van der Waals surface area contributed by atoms with Crippen LogP contribution in [0, 0.1) is 6.92 Å². The van der Waals surface area contributed by atoms with Crippen LogP contribution in [0.2, 0.25) is 0 Å². The molecule has 0 unspecified atom stereocenters. The highest BCUT2D eigenvalue weighted by Gasteiger charge is 2.21. The number of hydrogen-bond donors (Lipinski definition) is 0. The predicted octanol–water partition coefficient (Wildman–Crippen LogP) is 3.01. The van der Waals surface area contributed by atoms with Crippen molar-refractivity contribution < 1.29 is 14.3 Å². The van der Waals surface area contributed by atoms with E-state index in [1.54, 1.807) is 0 Å². The molecule has 4 rings (SSSR count). The zero-order chi connectivity index (χ0) is 17.9. The van der Waals surface area contributed by atoms with Crippen LogP contribution in [0.4, 0.5) is 5.69 Å². The first kappa shape index (κ1) is 16.8. The second-order valence-electron chi connectivity index (χ2n) is 6.89. The average molecular weight is 352 g/mol. The summed E-state index contributed by atoms with van der Waals surface area (Å²) >= 11 is 0. The summed E-state index contributed by atoms with van der Waals surface area (Å²) in [5.74, 6) is 1.79. The molecule has 2 aromatic carbocycles. The van der Waals surface area contributed by atoms with Gasteiger partial charge >= 0.3 is 0 Å². The molecule has 1 fully saturated rings. The number of nitrogens with zero attached hydrogens (tertiary/aromatic N) is 2. The Morgan fingerprint density at radius 1 is 1.00 bits per heavy atom. The minimum Gasteiger partial charge on any atom is -0.454 e. The average Bonchev–Trinajstić information content (AvgIpc) is 3.14. The van der Waals surface area contributed by atoms with E-state index in [1.807, 2.05) is 23.1 Å². The molecular weight excluding hydrogens is 328 g/mol. The molecule has 0 bridgehead atoms. The van der Waals surface area contributed by atoms with Crippen LogP contribution in [0.5, 0.6) is 11.5 Å². The lowest BCUT2D eigenvalue weighted by atomic mass is 10.1. The van der Waals surface area contributed by atoms with E-state index >= 15 is 0 Å². The van der Waals surface area contributed by atoms with E-state index in [4.69, 9.17) is 9.47 Å². The number of anilines is 1. The van der Waals surface area contributed by atoms with E-state index in [0.29, 0.717) is 6.42 Å². The number of carbonyl (C=O) groups excluding carboxylic acids is 1. The van der Waals surface area contributed by atoms with Crippen molar-refractivity contribution >= 4 is 11.6 Å². The van der Waals surface area contributed by atoms with E-state index in [9.17, 15) is 4.79 Å². The number of carbonyl (C=O) groups is 1. The molecular formula is C21H24N2O3. The molecule has 2 aliphatic heterocycles. The first-order valence-corrected chi connectivity index (χ1v) is 9.17. The normalized spacial score (nSPS) is 16.0. The van der Waals surface area contributed by atoms with Gasteiger partial charge in [-0.3, -0.25) is 4.79 Å². The zero-order valence-corrected chi connectivity index (χ0v) is 15.1. The second-order valence-corrected chi connectivity index (χ2v) is 6.89. The maximum absolute atomic E-state index is 12.6. The molecule has 1 amide bonds. The highest BCUT2D eigenvalue weighted by Crippen LogP contribution is 2.32. The third kappa shape index (κ3) is 3.62. The molecule has 0 aliphatic carbocycles. The van der Waals surface area contributed by atoms with Gasteiger partial charge in [-0.05, 0) is 48.7 Å². The molecule has 1 saturated heterocycles. The molecule has 2 aromatic rings.